The zero-order chi connectivity index (χ0) is 15.2. The Morgan fingerprint density at radius 3 is 1.81 bits per heavy atom. The molecule has 0 N–H and O–H groups in total. The highest BCUT2D eigenvalue weighted by Gasteiger charge is 2.11. The fourth-order valence-corrected chi connectivity index (χ4v) is 2.05. The highest BCUT2D eigenvalue weighted by atomic mass is 19.2. The molecule has 3 heteroatoms. The molecule has 0 aromatic heterocycles. The maximum absolute atomic E-state index is 14.2. The highest BCUT2D eigenvalue weighted by molar-refractivity contribution is 5.83. The van der Waals surface area contributed by atoms with Gasteiger partial charge in [-0.2, -0.15) is 5.26 Å². The van der Waals surface area contributed by atoms with E-state index in [0.717, 1.165) is 18.4 Å². The molecule has 0 aliphatic rings. The van der Waals surface area contributed by atoms with Gasteiger partial charge in [-0.15, -0.1) is 0 Å². The summed E-state index contributed by atoms with van der Waals surface area (Å²) in [7, 11) is 0. The number of hydrogen-bond donors (Lipinski definition) is 0. The van der Waals surface area contributed by atoms with Crippen LogP contribution in [-0.4, -0.2) is 0 Å². The van der Waals surface area contributed by atoms with E-state index in [1.54, 1.807) is 12.1 Å². The fourth-order valence-electron chi connectivity index (χ4n) is 2.05. The molecule has 0 saturated heterocycles. The van der Waals surface area contributed by atoms with E-state index in [4.69, 9.17) is 5.26 Å². The molecule has 0 aliphatic carbocycles. The van der Waals surface area contributed by atoms with E-state index in [9.17, 15) is 8.78 Å². The lowest BCUT2D eigenvalue weighted by Crippen LogP contribution is -1.87. The molecule has 106 valence electrons. The molecule has 0 fully saturated rings. The summed E-state index contributed by atoms with van der Waals surface area (Å²) < 4.78 is 28.3. The van der Waals surface area contributed by atoms with Crippen LogP contribution in [0.15, 0.2) is 48.5 Å². The molecule has 0 radical (unpaired) electrons. The van der Waals surface area contributed by atoms with Gasteiger partial charge in [-0.3, -0.25) is 0 Å². The van der Waals surface area contributed by atoms with Gasteiger partial charge in [-0.25, -0.2) is 8.78 Å². The zero-order valence-electron chi connectivity index (χ0n) is 11.7. The molecule has 0 aliphatic heterocycles. The van der Waals surface area contributed by atoms with Gasteiger partial charge in [-0.05, 0) is 24.1 Å². The number of rotatable bonds is 4. The molecular formula is C18H15F2N. The van der Waals surface area contributed by atoms with Crippen LogP contribution in [0.25, 0.3) is 11.7 Å². The summed E-state index contributed by atoms with van der Waals surface area (Å²) in [6.45, 7) is 2.07. The quantitative estimate of drug-likeness (QED) is 0.701. The Morgan fingerprint density at radius 1 is 0.905 bits per heavy atom. The predicted octanol–water partition coefficient (Wildman–Crippen LogP) is 5.28. The molecule has 0 amide bonds. The van der Waals surface area contributed by atoms with Gasteiger partial charge in [-0.1, -0.05) is 49.7 Å². The maximum atomic E-state index is 14.2. The SMILES string of the molecule is CCCc1ccc(/C(F)=C(\F)c2ccc(C#N)cc2)cc1. The summed E-state index contributed by atoms with van der Waals surface area (Å²) in [6.07, 6.45) is 1.93. The fraction of sp³-hybridized carbons (Fsp3) is 0.167. The third kappa shape index (κ3) is 3.55. The molecule has 0 atom stereocenters. The van der Waals surface area contributed by atoms with Crippen LogP contribution in [0.1, 0.15) is 35.6 Å². The number of halogens is 2. The molecule has 2 rings (SSSR count). The molecule has 2 aromatic rings. The number of nitrogens with zero attached hydrogens (tertiary/aromatic N) is 1. The summed E-state index contributed by atoms with van der Waals surface area (Å²) >= 11 is 0. The lowest BCUT2D eigenvalue weighted by atomic mass is 10.0. The van der Waals surface area contributed by atoms with Crippen molar-refractivity contribution in [2.75, 3.05) is 0 Å². The predicted molar refractivity (Wildman–Crippen MR) is 80.6 cm³/mol. The average Bonchev–Trinajstić information content (AvgIpc) is 2.54. The van der Waals surface area contributed by atoms with Gasteiger partial charge in [0.05, 0.1) is 11.6 Å². The van der Waals surface area contributed by atoms with Crippen molar-refractivity contribution in [1.82, 2.24) is 0 Å². The van der Waals surface area contributed by atoms with Gasteiger partial charge in [0, 0.05) is 11.1 Å². The van der Waals surface area contributed by atoms with Crippen molar-refractivity contribution in [1.29, 1.82) is 5.26 Å². The Balaban J connectivity index is 2.30. The summed E-state index contributed by atoms with van der Waals surface area (Å²) in [4.78, 5) is 0. The first-order valence-electron chi connectivity index (χ1n) is 6.80. The van der Waals surface area contributed by atoms with E-state index in [1.807, 2.05) is 18.2 Å². The second-order valence-corrected chi connectivity index (χ2v) is 4.76. The van der Waals surface area contributed by atoms with Crippen LogP contribution in [0.2, 0.25) is 0 Å². The normalized spacial score (nSPS) is 11.7. The number of aryl methyl sites for hydroxylation is 1. The largest absolute Gasteiger partial charge is 0.203 e. The van der Waals surface area contributed by atoms with Gasteiger partial charge in [0.25, 0.3) is 0 Å². The molecule has 0 saturated carbocycles. The van der Waals surface area contributed by atoms with Crippen LogP contribution < -0.4 is 0 Å². The van der Waals surface area contributed by atoms with Crippen LogP contribution in [0.3, 0.4) is 0 Å². The minimum Gasteiger partial charge on any atom is -0.203 e. The standard InChI is InChI=1S/C18H15F2N/c1-2-3-13-4-8-15(9-5-13)17(19)18(20)16-10-6-14(12-21)7-11-16/h4-11H,2-3H2,1H3/b18-17+. The smallest absolute Gasteiger partial charge is 0.166 e. The van der Waals surface area contributed by atoms with Gasteiger partial charge < -0.3 is 0 Å². The second kappa shape index (κ2) is 6.81. The van der Waals surface area contributed by atoms with Gasteiger partial charge in [0.1, 0.15) is 0 Å². The van der Waals surface area contributed by atoms with Gasteiger partial charge in [0.15, 0.2) is 11.7 Å². The highest BCUT2D eigenvalue weighted by Crippen LogP contribution is 2.29. The van der Waals surface area contributed by atoms with Crippen molar-refractivity contribution in [2.45, 2.75) is 19.8 Å². The molecule has 0 unspecified atom stereocenters. The van der Waals surface area contributed by atoms with Crippen LogP contribution >= 0.6 is 0 Å². The van der Waals surface area contributed by atoms with Gasteiger partial charge >= 0.3 is 0 Å². The molecule has 0 spiro atoms. The minimum absolute atomic E-state index is 0.129. The first-order valence-corrected chi connectivity index (χ1v) is 6.80. The van der Waals surface area contributed by atoms with Crippen molar-refractivity contribution in [3.8, 4) is 6.07 Å². The second-order valence-electron chi connectivity index (χ2n) is 4.76. The van der Waals surface area contributed by atoms with Crippen LogP contribution in [0, 0.1) is 11.3 Å². The Bertz CT molecular complexity index is 677. The van der Waals surface area contributed by atoms with Crippen molar-refractivity contribution in [3.05, 3.63) is 70.8 Å². The third-order valence-electron chi connectivity index (χ3n) is 3.21. The maximum Gasteiger partial charge on any atom is 0.166 e. The van der Waals surface area contributed by atoms with E-state index >= 15 is 0 Å². The summed E-state index contributed by atoms with van der Waals surface area (Å²) in [5.41, 5.74) is 1.87. The molecule has 0 heterocycles. The third-order valence-corrected chi connectivity index (χ3v) is 3.21. The van der Waals surface area contributed by atoms with Crippen molar-refractivity contribution >= 4 is 11.7 Å². The Kier molecular flexibility index (Phi) is 4.84. The van der Waals surface area contributed by atoms with Crippen molar-refractivity contribution in [2.24, 2.45) is 0 Å². The first-order chi connectivity index (χ1) is 10.2. The number of hydrogen-bond acceptors (Lipinski definition) is 1. The van der Waals surface area contributed by atoms with E-state index < -0.39 is 11.7 Å². The van der Waals surface area contributed by atoms with Crippen LogP contribution in [0.4, 0.5) is 8.78 Å². The van der Waals surface area contributed by atoms with Crippen molar-refractivity contribution < 1.29 is 8.78 Å². The molecule has 1 nitrogen and oxygen atoms in total. The van der Waals surface area contributed by atoms with Gasteiger partial charge in [0.2, 0.25) is 0 Å². The Labute approximate surface area is 123 Å². The summed E-state index contributed by atoms with van der Waals surface area (Å²) in [5.74, 6) is -1.80. The lowest BCUT2D eigenvalue weighted by Gasteiger charge is -2.04. The van der Waals surface area contributed by atoms with Crippen LogP contribution in [-0.2, 0) is 6.42 Å². The Hall–Kier alpha value is -2.47. The Morgan fingerprint density at radius 2 is 1.38 bits per heavy atom. The number of nitriles is 1. The first kappa shape index (κ1) is 14.9. The van der Waals surface area contributed by atoms with E-state index in [-0.39, 0.29) is 11.1 Å². The average molecular weight is 283 g/mol. The topological polar surface area (TPSA) is 23.8 Å². The van der Waals surface area contributed by atoms with E-state index in [0.29, 0.717) is 5.56 Å². The minimum atomic E-state index is -0.914. The van der Waals surface area contributed by atoms with E-state index in [1.165, 1.54) is 24.3 Å². The zero-order valence-corrected chi connectivity index (χ0v) is 11.7. The number of benzene rings is 2. The molecule has 21 heavy (non-hydrogen) atoms. The summed E-state index contributed by atoms with van der Waals surface area (Å²) in [5, 5.41) is 8.69. The lowest BCUT2D eigenvalue weighted by molar-refractivity contribution is 0.700. The van der Waals surface area contributed by atoms with Crippen molar-refractivity contribution in [3.63, 3.8) is 0 Å². The summed E-state index contributed by atoms with van der Waals surface area (Å²) in [6, 6.07) is 14.5. The van der Waals surface area contributed by atoms with E-state index in [2.05, 4.69) is 6.92 Å². The van der Waals surface area contributed by atoms with Crippen LogP contribution in [0.5, 0.6) is 0 Å². The molecular weight excluding hydrogens is 268 g/mol. The molecule has 2 aromatic carbocycles. The monoisotopic (exact) mass is 283 g/mol. The molecule has 0 bridgehead atoms.